The number of halogens is 1. The molecule has 22 heavy (non-hydrogen) atoms. The van der Waals surface area contributed by atoms with Crippen molar-refractivity contribution in [3.63, 3.8) is 0 Å². The Hall–Kier alpha value is -1.37. The zero-order valence-corrected chi connectivity index (χ0v) is 13.6. The van der Waals surface area contributed by atoms with E-state index in [1.54, 1.807) is 18.2 Å². The average Bonchev–Trinajstić information content (AvgIpc) is 2.87. The minimum atomic E-state index is -1.51. The van der Waals surface area contributed by atoms with E-state index in [0.29, 0.717) is 20.8 Å². The Morgan fingerprint density at radius 1 is 1.32 bits per heavy atom. The largest absolute Gasteiger partial charge is 0.364 e. The Balaban J connectivity index is 1.99. The molecular formula is C15H18ClN3O2S. The van der Waals surface area contributed by atoms with Crippen LogP contribution in [0.3, 0.4) is 0 Å². The highest BCUT2D eigenvalue weighted by molar-refractivity contribution is 7.83. The lowest BCUT2D eigenvalue weighted by atomic mass is 9.96. The number of primary amides is 1. The Labute approximate surface area is 136 Å². The van der Waals surface area contributed by atoms with Gasteiger partial charge in [0.1, 0.15) is 16.7 Å². The number of fused-ring (bicyclic) bond motifs is 1. The van der Waals surface area contributed by atoms with Crippen LogP contribution in [0.25, 0.3) is 10.9 Å². The zero-order valence-electron chi connectivity index (χ0n) is 12.0. The average molecular weight is 340 g/mol. The van der Waals surface area contributed by atoms with Crippen molar-refractivity contribution in [2.75, 3.05) is 0 Å². The number of amides is 1. The van der Waals surface area contributed by atoms with Crippen LogP contribution in [0.1, 0.15) is 42.6 Å². The van der Waals surface area contributed by atoms with E-state index in [9.17, 15) is 9.00 Å². The molecule has 118 valence electrons. The van der Waals surface area contributed by atoms with E-state index in [1.165, 1.54) is 6.42 Å². The van der Waals surface area contributed by atoms with Gasteiger partial charge in [0.25, 0.3) is 5.91 Å². The summed E-state index contributed by atoms with van der Waals surface area (Å²) < 4.78 is 15.9. The number of rotatable bonds is 4. The molecule has 5 nitrogen and oxygen atoms in total. The van der Waals surface area contributed by atoms with Crippen molar-refractivity contribution >= 4 is 39.4 Å². The zero-order chi connectivity index (χ0) is 15.7. The van der Waals surface area contributed by atoms with Crippen LogP contribution in [0, 0.1) is 0 Å². The van der Waals surface area contributed by atoms with Gasteiger partial charge in [-0.1, -0.05) is 30.9 Å². The fourth-order valence-corrected chi connectivity index (χ4v) is 4.47. The first-order valence-electron chi connectivity index (χ1n) is 7.35. The van der Waals surface area contributed by atoms with Crippen molar-refractivity contribution in [1.29, 1.82) is 0 Å². The van der Waals surface area contributed by atoms with Gasteiger partial charge < -0.3 is 10.7 Å². The fraction of sp³-hybridized carbons (Fsp3) is 0.400. The lowest BCUT2D eigenvalue weighted by Gasteiger charge is -2.22. The highest BCUT2D eigenvalue weighted by atomic mass is 35.5. The maximum atomic E-state index is 12.8. The summed E-state index contributed by atoms with van der Waals surface area (Å²) >= 11 is 6.03. The summed E-state index contributed by atoms with van der Waals surface area (Å²) in [6.45, 7) is 0. The lowest BCUT2D eigenvalue weighted by Crippen LogP contribution is -2.33. The van der Waals surface area contributed by atoms with Gasteiger partial charge in [0.05, 0.1) is 4.90 Å². The lowest BCUT2D eigenvalue weighted by molar-refractivity contribution is 0.0993. The summed E-state index contributed by atoms with van der Waals surface area (Å²) in [6, 6.07) is 5.38. The van der Waals surface area contributed by atoms with Gasteiger partial charge in [-0.2, -0.15) is 0 Å². The van der Waals surface area contributed by atoms with E-state index in [-0.39, 0.29) is 11.7 Å². The molecule has 1 atom stereocenters. The van der Waals surface area contributed by atoms with Crippen LogP contribution in [0.2, 0.25) is 5.02 Å². The van der Waals surface area contributed by atoms with Gasteiger partial charge >= 0.3 is 0 Å². The monoisotopic (exact) mass is 339 g/mol. The number of hydrogen-bond donors (Lipinski definition) is 3. The smallest absolute Gasteiger partial charge is 0.266 e. The van der Waals surface area contributed by atoms with Gasteiger partial charge in [0.15, 0.2) is 0 Å². The molecule has 2 aromatic rings. The predicted octanol–water partition coefficient (Wildman–Crippen LogP) is 2.87. The van der Waals surface area contributed by atoms with Crippen LogP contribution in [0.4, 0.5) is 0 Å². The van der Waals surface area contributed by atoms with Gasteiger partial charge in [-0.3, -0.25) is 4.79 Å². The van der Waals surface area contributed by atoms with Gasteiger partial charge in [0.2, 0.25) is 0 Å². The second-order valence-electron chi connectivity index (χ2n) is 5.60. The summed E-state index contributed by atoms with van der Waals surface area (Å²) in [5.41, 5.74) is 6.30. The van der Waals surface area contributed by atoms with Crippen LogP contribution in [0.5, 0.6) is 0 Å². The summed E-state index contributed by atoms with van der Waals surface area (Å²) in [7, 11) is -1.51. The van der Waals surface area contributed by atoms with E-state index in [1.807, 2.05) is 0 Å². The number of aromatic amines is 1. The normalized spacial score (nSPS) is 17.7. The van der Waals surface area contributed by atoms with Crippen LogP contribution in [-0.4, -0.2) is 21.1 Å². The summed E-state index contributed by atoms with van der Waals surface area (Å²) in [5.74, 6) is -0.624. The number of H-pyrrole nitrogens is 1. The molecule has 1 amide bonds. The van der Waals surface area contributed by atoms with Gasteiger partial charge in [-0.15, -0.1) is 0 Å². The topological polar surface area (TPSA) is 88.0 Å². The Morgan fingerprint density at radius 3 is 2.73 bits per heavy atom. The van der Waals surface area contributed by atoms with Gasteiger partial charge in [-0.05, 0) is 31.0 Å². The minimum absolute atomic E-state index is 0.180. The third kappa shape index (κ3) is 3.04. The number of hydrogen-bond acceptors (Lipinski definition) is 2. The van der Waals surface area contributed by atoms with E-state index in [4.69, 9.17) is 17.3 Å². The van der Waals surface area contributed by atoms with Gasteiger partial charge in [0, 0.05) is 22.0 Å². The molecule has 1 aliphatic carbocycles. The van der Waals surface area contributed by atoms with Crippen molar-refractivity contribution in [2.45, 2.75) is 43.0 Å². The minimum Gasteiger partial charge on any atom is -0.364 e. The first-order valence-corrected chi connectivity index (χ1v) is 8.88. The van der Waals surface area contributed by atoms with Gasteiger partial charge in [-0.25, -0.2) is 8.93 Å². The van der Waals surface area contributed by atoms with E-state index in [2.05, 4.69) is 9.71 Å². The molecule has 4 N–H and O–H groups in total. The third-order valence-corrected chi connectivity index (χ3v) is 5.60. The van der Waals surface area contributed by atoms with E-state index < -0.39 is 16.9 Å². The van der Waals surface area contributed by atoms with Crippen LogP contribution >= 0.6 is 11.6 Å². The molecule has 0 bridgehead atoms. The predicted molar refractivity (Wildman–Crippen MR) is 88.2 cm³/mol. The molecule has 0 spiro atoms. The van der Waals surface area contributed by atoms with Crippen molar-refractivity contribution < 1.29 is 9.00 Å². The molecule has 1 aliphatic rings. The van der Waals surface area contributed by atoms with Crippen molar-refractivity contribution in [1.82, 2.24) is 9.71 Å². The van der Waals surface area contributed by atoms with Crippen molar-refractivity contribution in [2.24, 2.45) is 5.73 Å². The molecule has 0 radical (unpaired) electrons. The Morgan fingerprint density at radius 2 is 2.05 bits per heavy atom. The van der Waals surface area contributed by atoms with Crippen LogP contribution in [-0.2, 0) is 11.0 Å². The fourth-order valence-electron chi connectivity index (χ4n) is 2.94. The molecule has 0 aliphatic heterocycles. The molecule has 7 heteroatoms. The summed E-state index contributed by atoms with van der Waals surface area (Å²) in [5, 5.41) is 1.20. The highest BCUT2D eigenvalue weighted by Gasteiger charge is 2.24. The summed E-state index contributed by atoms with van der Waals surface area (Å²) in [4.78, 5) is 15.0. The first-order chi connectivity index (χ1) is 10.6. The number of carbonyl (C=O) groups is 1. The van der Waals surface area contributed by atoms with E-state index in [0.717, 1.165) is 25.7 Å². The molecule has 1 aromatic heterocycles. The maximum Gasteiger partial charge on any atom is 0.266 e. The second kappa shape index (κ2) is 6.40. The number of nitrogens with two attached hydrogens (primary N) is 1. The molecular weight excluding hydrogens is 322 g/mol. The SMILES string of the molecule is NC(=O)c1[nH]c2ccc(Cl)cc2c1S(=O)NC1CCCCC1. The molecule has 1 heterocycles. The van der Waals surface area contributed by atoms with E-state index >= 15 is 0 Å². The molecule has 1 fully saturated rings. The van der Waals surface area contributed by atoms with Crippen LogP contribution < -0.4 is 10.5 Å². The van der Waals surface area contributed by atoms with Crippen molar-refractivity contribution in [3.05, 3.63) is 28.9 Å². The standard InChI is InChI=1S/C15H18ClN3O2S/c16-9-6-7-12-11(8-9)14(13(18-12)15(17)20)22(21)19-10-4-2-1-3-5-10/h6-8,10,18-19H,1-5H2,(H2,17,20). The Bertz CT molecular complexity index is 738. The second-order valence-corrected chi connectivity index (χ2v) is 7.22. The maximum absolute atomic E-state index is 12.8. The quantitative estimate of drug-likeness (QED) is 0.799. The number of carbonyl (C=O) groups excluding carboxylic acids is 1. The highest BCUT2D eigenvalue weighted by Crippen LogP contribution is 2.28. The molecule has 3 rings (SSSR count). The number of benzene rings is 1. The Kier molecular flexibility index (Phi) is 4.52. The number of nitrogens with one attached hydrogen (secondary N) is 2. The van der Waals surface area contributed by atoms with Crippen molar-refractivity contribution in [3.8, 4) is 0 Å². The number of aromatic nitrogens is 1. The van der Waals surface area contributed by atoms with Crippen LogP contribution in [0.15, 0.2) is 23.1 Å². The molecule has 1 unspecified atom stereocenters. The molecule has 1 aromatic carbocycles. The summed E-state index contributed by atoms with van der Waals surface area (Å²) in [6.07, 6.45) is 5.50. The first kappa shape index (κ1) is 15.5. The third-order valence-electron chi connectivity index (χ3n) is 4.02. The molecule has 0 saturated heterocycles. The molecule has 1 saturated carbocycles.